The van der Waals surface area contributed by atoms with Gasteiger partial charge in [-0.25, -0.2) is 4.39 Å². The fourth-order valence-electron chi connectivity index (χ4n) is 1.34. The number of halogens is 1. The molecule has 1 aromatic rings. The molecule has 0 aliphatic carbocycles. The van der Waals surface area contributed by atoms with E-state index in [2.05, 4.69) is 5.32 Å². The zero-order chi connectivity index (χ0) is 13.1. The van der Waals surface area contributed by atoms with Gasteiger partial charge in [0.15, 0.2) is 0 Å². The smallest absolute Gasteiger partial charge is 0.227 e. The molecule has 0 saturated carbocycles. The van der Waals surface area contributed by atoms with Gasteiger partial charge in [0.2, 0.25) is 5.91 Å². The lowest BCUT2D eigenvalue weighted by Gasteiger charge is -2.24. The van der Waals surface area contributed by atoms with Gasteiger partial charge < -0.3 is 11.1 Å². The van der Waals surface area contributed by atoms with Crippen LogP contribution in [0.2, 0.25) is 0 Å². The van der Waals surface area contributed by atoms with Crippen molar-refractivity contribution in [3.8, 4) is 0 Å². The largest absolute Gasteiger partial charge is 0.349 e. The average Bonchev–Trinajstić information content (AvgIpc) is 2.28. The van der Waals surface area contributed by atoms with E-state index < -0.39 is 5.41 Å². The Hall–Kier alpha value is -1.42. The highest BCUT2D eigenvalue weighted by Crippen LogP contribution is 2.18. The van der Waals surface area contributed by atoms with Gasteiger partial charge in [0.1, 0.15) is 5.82 Å². The molecule has 0 fully saturated rings. The molecule has 0 saturated heterocycles. The highest BCUT2D eigenvalue weighted by molar-refractivity contribution is 5.82. The Bertz CT molecular complexity index is 404. The van der Waals surface area contributed by atoms with E-state index in [0.717, 1.165) is 5.56 Å². The summed E-state index contributed by atoms with van der Waals surface area (Å²) in [5, 5.41) is 2.83. The third-order valence-electron chi connectivity index (χ3n) is 2.82. The summed E-state index contributed by atoms with van der Waals surface area (Å²) in [5.41, 5.74) is 5.66. The van der Waals surface area contributed by atoms with Gasteiger partial charge in [-0.05, 0) is 38.5 Å². The number of carbonyl (C=O) groups excluding carboxylic acids is 1. The number of nitrogens with two attached hydrogens (primary N) is 1. The molecule has 0 bridgehead atoms. The van der Waals surface area contributed by atoms with Gasteiger partial charge >= 0.3 is 0 Å². The molecule has 0 aliphatic heterocycles. The first kappa shape index (κ1) is 13.6. The van der Waals surface area contributed by atoms with Crippen LogP contribution < -0.4 is 11.1 Å². The number of benzene rings is 1. The molecule has 1 amide bonds. The van der Waals surface area contributed by atoms with E-state index in [-0.39, 0.29) is 24.3 Å². The third-order valence-corrected chi connectivity index (χ3v) is 2.82. The molecule has 4 heteroatoms. The molecule has 0 aliphatic rings. The van der Waals surface area contributed by atoms with Crippen LogP contribution in [0.4, 0.5) is 4.39 Å². The maximum atomic E-state index is 13.0. The number of carbonyl (C=O) groups is 1. The van der Waals surface area contributed by atoms with E-state index in [1.165, 1.54) is 12.1 Å². The second-order valence-electron chi connectivity index (χ2n) is 4.84. The molecule has 1 rings (SSSR count). The van der Waals surface area contributed by atoms with Crippen molar-refractivity contribution in [1.82, 2.24) is 5.32 Å². The van der Waals surface area contributed by atoms with E-state index in [4.69, 9.17) is 5.73 Å². The predicted molar refractivity (Wildman–Crippen MR) is 65.8 cm³/mol. The van der Waals surface area contributed by atoms with E-state index in [9.17, 15) is 9.18 Å². The van der Waals surface area contributed by atoms with Crippen molar-refractivity contribution < 1.29 is 9.18 Å². The lowest BCUT2D eigenvalue weighted by atomic mass is 9.92. The predicted octanol–water partition coefficient (Wildman–Crippen LogP) is 1.99. The van der Waals surface area contributed by atoms with Crippen LogP contribution in [-0.4, -0.2) is 12.5 Å². The molecule has 0 heterocycles. The number of rotatable bonds is 4. The van der Waals surface area contributed by atoms with Crippen LogP contribution in [0, 0.1) is 11.2 Å². The van der Waals surface area contributed by atoms with Gasteiger partial charge in [-0.1, -0.05) is 12.1 Å². The van der Waals surface area contributed by atoms with Crippen molar-refractivity contribution in [3.05, 3.63) is 35.6 Å². The number of hydrogen-bond acceptors (Lipinski definition) is 2. The first-order chi connectivity index (χ1) is 7.86. The number of amides is 1. The Morgan fingerprint density at radius 1 is 1.53 bits per heavy atom. The summed E-state index contributed by atoms with van der Waals surface area (Å²) in [6.45, 7) is 5.65. The summed E-state index contributed by atoms with van der Waals surface area (Å²) in [6.07, 6.45) is 0. The zero-order valence-corrected chi connectivity index (χ0v) is 10.5. The summed E-state index contributed by atoms with van der Waals surface area (Å²) < 4.78 is 13.0. The first-order valence-electron chi connectivity index (χ1n) is 5.63. The van der Waals surface area contributed by atoms with Crippen LogP contribution in [0.25, 0.3) is 0 Å². The third kappa shape index (κ3) is 3.53. The van der Waals surface area contributed by atoms with Crippen LogP contribution in [0.1, 0.15) is 32.4 Å². The average molecular weight is 238 g/mol. The quantitative estimate of drug-likeness (QED) is 0.842. The van der Waals surface area contributed by atoms with Gasteiger partial charge in [0.05, 0.1) is 11.5 Å². The van der Waals surface area contributed by atoms with E-state index in [1.54, 1.807) is 26.0 Å². The van der Waals surface area contributed by atoms with Gasteiger partial charge in [-0.15, -0.1) is 0 Å². The van der Waals surface area contributed by atoms with Gasteiger partial charge in [0.25, 0.3) is 0 Å². The SMILES string of the molecule is CC(NC(=O)C(C)(C)CN)c1cccc(F)c1. The van der Waals surface area contributed by atoms with Crippen molar-refractivity contribution in [2.45, 2.75) is 26.8 Å². The summed E-state index contributed by atoms with van der Waals surface area (Å²) in [5.74, 6) is -0.432. The Balaban J connectivity index is 2.73. The second kappa shape index (κ2) is 5.27. The molecule has 3 N–H and O–H groups in total. The molecule has 0 aromatic heterocycles. The molecule has 17 heavy (non-hydrogen) atoms. The minimum Gasteiger partial charge on any atom is -0.349 e. The van der Waals surface area contributed by atoms with Crippen molar-refractivity contribution in [2.75, 3.05) is 6.54 Å². The minimum atomic E-state index is -0.610. The summed E-state index contributed by atoms with van der Waals surface area (Å²) in [6, 6.07) is 5.97. The monoisotopic (exact) mass is 238 g/mol. The van der Waals surface area contributed by atoms with Gasteiger partial charge in [0, 0.05) is 6.54 Å². The minimum absolute atomic E-state index is 0.128. The maximum Gasteiger partial charge on any atom is 0.227 e. The van der Waals surface area contributed by atoms with Crippen molar-refractivity contribution >= 4 is 5.91 Å². The highest BCUT2D eigenvalue weighted by atomic mass is 19.1. The highest BCUT2D eigenvalue weighted by Gasteiger charge is 2.26. The van der Waals surface area contributed by atoms with Crippen molar-refractivity contribution in [2.24, 2.45) is 11.1 Å². The molecule has 0 spiro atoms. The van der Waals surface area contributed by atoms with Crippen LogP contribution in [0.15, 0.2) is 24.3 Å². The molecular formula is C13H19FN2O. The fraction of sp³-hybridized carbons (Fsp3) is 0.462. The van der Waals surface area contributed by atoms with Crippen LogP contribution in [0.3, 0.4) is 0 Å². The number of nitrogens with one attached hydrogen (secondary N) is 1. The zero-order valence-electron chi connectivity index (χ0n) is 10.5. The fourth-order valence-corrected chi connectivity index (χ4v) is 1.34. The van der Waals surface area contributed by atoms with E-state index >= 15 is 0 Å². The van der Waals surface area contributed by atoms with Crippen molar-refractivity contribution in [3.63, 3.8) is 0 Å². The molecule has 94 valence electrons. The summed E-state index contributed by atoms with van der Waals surface area (Å²) in [7, 11) is 0. The topological polar surface area (TPSA) is 55.1 Å². The lowest BCUT2D eigenvalue weighted by Crippen LogP contribution is -2.42. The molecule has 1 unspecified atom stereocenters. The summed E-state index contributed by atoms with van der Waals surface area (Å²) in [4.78, 5) is 11.9. The van der Waals surface area contributed by atoms with Crippen LogP contribution >= 0.6 is 0 Å². The Labute approximate surface area is 101 Å². The molecule has 3 nitrogen and oxygen atoms in total. The lowest BCUT2D eigenvalue weighted by molar-refractivity contribution is -0.129. The molecular weight excluding hydrogens is 219 g/mol. The Morgan fingerprint density at radius 2 is 2.18 bits per heavy atom. The normalized spacial score (nSPS) is 13.2. The summed E-state index contributed by atoms with van der Waals surface area (Å²) >= 11 is 0. The van der Waals surface area contributed by atoms with Crippen LogP contribution in [0.5, 0.6) is 0 Å². The first-order valence-corrected chi connectivity index (χ1v) is 5.63. The molecule has 1 atom stereocenters. The van der Waals surface area contributed by atoms with Gasteiger partial charge in [-0.2, -0.15) is 0 Å². The van der Waals surface area contributed by atoms with E-state index in [0.29, 0.717) is 0 Å². The maximum absolute atomic E-state index is 13.0. The van der Waals surface area contributed by atoms with Crippen molar-refractivity contribution in [1.29, 1.82) is 0 Å². The molecule has 0 radical (unpaired) electrons. The standard InChI is InChI=1S/C13H19FN2O/c1-9(10-5-4-6-11(14)7-10)16-12(17)13(2,3)8-15/h4-7,9H,8,15H2,1-3H3,(H,16,17). The van der Waals surface area contributed by atoms with Gasteiger partial charge in [-0.3, -0.25) is 4.79 Å². The molecule has 1 aromatic carbocycles. The van der Waals surface area contributed by atoms with Crippen LogP contribution in [-0.2, 0) is 4.79 Å². The van der Waals surface area contributed by atoms with E-state index in [1.807, 2.05) is 6.92 Å². The Morgan fingerprint density at radius 3 is 2.71 bits per heavy atom. The Kier molecular flexibility index (Phi) is 4.23. The number of hydrogen-bond donors (Lipinski definition) is 2. The second-order valence-corrected chi connectivity index (χ2v) is 4.84.